The molecule has 0 aliphatic rings. The van der Waals surface area contributed by atoms with Gasteiger partial charge in [-0.2, -0.15) is 0 Å². The Kier molecular flexibility index (Phi) is 4.68. The van der Waals surface area contributed by atoms with E-state index in [1.54, 1.807) is 22.6 Å². The van der Waals surface area contributed by atoms with Crippen molar-refractivity contribution in [2.24, 2.45) is 0 Å². The van der Waals surface area contributed by atoms with E-state index in [0.717, 1.165) is 30.3 Å². The molecule has 0 radical (unpaired) electrons. The van der Waals surface area contributed by atoms with E-state index in [4.69, 9.17) is 4.74 Å². The van der Waals surface area contributed by atoms with Crippen molar-refractivity contribution in [1.29, 1.82) is 0 Å². The molecule has 0 bridgehead atoms. The van der Waals surface area contributed by atoms with Crippen molar-refractivity contribution in [3.8, 4) is 11.5 Å². The van der Waals surface area contributed by atoms with Crippen molar-refractivity contribution in [1.82, 2.24) is 0 Å². The molecule has 2 aromatic rings. The summed E-state index contributed by atoms with van der Waals surface area (Å²) in [5.41, 5.74) is -0.0596. The lowest BCUT2D eigenvalue weighted by Gasteiger charge is -2.09. The molecule has 0 atom stereocenters. The lowest BCUT2D eigenvalue weighted by Crippen LogP contribution is -2.11. The molecule has 0 saturated carbocycles. The van der Waals surface area contributed by atoms with Crippen LogP contribution in [0.5, 0.6) is 11.5 Å². The van der Waals surface area contributed by atoms with Crippen LogP contribution in [0.15, 0.2) is 41.3 Å². The first-order chi connectivity index (χ1) is 10.2. The zero-order chi connectivity index (χ0) is 16.5. The lowest BCUT2D eigenvalue weighted by molar-refractivity contribution is 0.0726. The number of rotatable bonds is 3. The van der Waals surface area contributed by atoms with Crippen LogP contribution in [0.1, 0.15) is 10.4 Å². The summed E-state index contributed by atoms with van der Waals surface area (Å²) in [6, 6.07) is 6.07. The second-order valence-corrected chi connectivity index (χ2v) is 6.65. The highest BCUT2D eigenvalue weighted by atomic mass is 127. The minimum atomic E-state index is -4.61. The molecule has 22 heavy (non-hydrogen) atoms. The molecule has 116 valence electrons. The normalized spacial score (nSPS) is 11.2. The largest absolute Gasteiger partial charge is 0.744 e. The predicted octanol–water partition coefficient (Wildman–Crippen LogP) is 2.26. The standard InChI is InChI=1S/C13H8FIO6S/c14-10-5-8(16)6-11(15)12(10)21-13(17)7-1-3-9(4-2-7)22(18,19)20/h1-6,16H,(H,18,19,20)/p-1. The van der Waals surface area contributed by atoms with Crippen LogP contribution in [0.25, 0.3) is 0 Å². The number of carbonyl (C=O) groups excluding carboxylic acids is 1. The average molecular weight is 437 g/mol. The summed E-state index contributed by atoms with van der Waals surface area (Å²) in [6.45, 7) is 0. The van der Waals surface area contributed by atoms with E-state index < -0.39 is 26.8 Å². The highest BCUT2D eigenvalue weighted by Gasteiger charge is 2.16. The topological polar surface area (TPSA) is 104 Å². The number of carbonyl (C=O) groups is 1. The number of benzene rings is 2. The molecule has 0 aliphatic heterocycles. The Morgan fingerprint density at radius 2 is 1.82 bits per heavy atom. The number of phenols is 1. The van der Waals surface area contributed by atoms with E-state index >= 15 is 0 Å². The summed E-state index contributed by atoms with van der Waals surface area (Å²) in [5.74, 6) is -2.52. The molecule has 2 aromatic carbocycles. The van der Waals surface area contributed by atoms with Crippen LogP contribution in [0.4, 0.5) is 4.39 Å². The van der Waals surface area contributed by atoms with E-state index in [2.05, 4.69) is 0 Å². The van der Waals surface area contributed by atoms with Gasteiger partial charge in [0, 0.05) is 6.07 Å². The van der Waals surface area contributed by atoms with Crippen LogP contribution in [-0.4, -0.2) is 24.0 Å². The van der Waals surface area contributed by atoms with Gasteiger partial charge in [0.1, 0.15) is 15.9 Å². The van der Waals surface area contributed by atoms with Crippen molar-refractivity contribution in [2.75, 3.05) is 0 Å². The number of esters is 1. The molecule has 1 N–H and O–H groups in total. The minimum Gasteiger partial charge on any atom is -0.744 e. The smallest absolute Gasteiger partial charge is 0.343 e. The minimum absolute atomic E-state index is 0.0596. The summed E-state index contributed by atoms with van der Waals surface area (Å²) in [6.07, 6.45) is 0. The predicted molar refractivity (Wildman–Crippen MR) is 80.1 cm³/mol. The quantitative estimate of drug-likeness (QED) is 0.342. The van der Waals surface area contributed by atoms with Crippen LogP contribution in [-0.2, 0) is 10.1 Å². The fourth-order valence-corrected chi connectivity index (χ4v) is 2.71. The zero-order valence-corrected chi connectivity index (χ0v) is 13.6. The van der Waals surface area contributed by atoms with Crippen LogP contribution >= 0.6 is 22.6 Å². The second-order valence-electron chi connectivity index (χ2n) is 4.11. The van der Waals surface area contributed by atoms with Crippen LogP contribution in [0, 0.1) is 9.39 Å². The van der Waals surface area contributed by atoms with E-state index in [0.29, 0.717) is 0 Å². The summed E-state index contributed by atoms with van der Waals surface area (Å²) >= 11 is 1.68. The van der Waals surface area contributed by atoms with Gasteiger partial charge in [-0.1, -0.05) is 0 Å². The van der Waals surface area contributed by atoms with Gasteiger partial charge in [-0.3, -0.25) is 0 Å². The molecule has 0 saturated heterocycles. The van der Waals surface area contributed by atoms with Gasteiger partial charge >= 0.3 is 5.97 Å². The highest BCUT2D eigenvalue weighted by molar-refractivity contribution is 14.1. The maximum absolute atomic E-state index is 13.6. The summed E-state index contributed by atoms with van der Waals surface area (Å²) < 4.78 is 51.1. The van der Waals surface area contributed by atoms with Gasteiger partial charge in [-0.15, -0.1) is 0 Å². The Morgan fingerprint density at radius 1 is 1.23 bits per heavy atom. The molecular formula is C13H7FIO6S-. The van der Waals surface area contributed by atoms with Gasteiger partial charge in [-0.25, -0.2) is 17.6 Å². The SMILES string of the molecule is O=C(Oc1c(F)cc(O)cc1I)c1ccc(S(=O)(=O)[O-])cc1. The second kappa shape index (κ2) is 6.18. The lowest BCUT2D eigenvalue weighted by atomic mass is 10.2. The first kappa shape index (κ1) is 16.6. The van der Waals surface area contributed by atoms with Gasteiger partial charge in [-0.05, 0) is 52.9 Å². The molecule has 0 aromatic heterocycles. The number of aromatic hydroxyl groups is 1. The molecule has 9 heteroatoms. The molecule has 0 spiro atoms. The molecule has 0 heterocycles. The summed E-state index contributed by atoms with van der Waals surface area (Å²) in [4.78, 5) is 11.4. The maximum atomic E-state index is 13.6. The highest BCUT2D eigenvalue weighted by Crippen LogP contribution is 2.29. The van der Waals surface area contributed by atoms with Crippen molar-refractivity contribution in [3.05, 3.63) is 51.3 Å². The monoisotopic (exact) mass is 437 g/mol. The number of ether oxygens (including phenoxy) is 1. The molecule has 0 unspecified atom stereocenters. The Hall–Kier alpha value is -1.72. The average Bonchev–Trinajstić information content (AvgIpc) is 2.41. The van der Waals surface area contributed by atoms with Gasteiger partial charge < -0.3 is 14.4 Å². The zero-order valence-electron chi connectivity index (χ0n) is 10.6. The third-order valence-corrected chi connectivity index (χ3v) is 4.21. The maximum Gasteiger partial charge on any atom is 0.343 e. The van der Waals surface area contributed by atoms with Crippen LogP contribution in [0.2, 0.25) is 0 Å². The van der Waals surface area contributed by atoms with Crippen molar-refractivity contribution >= 4 is 38.7 Å². The van der Waals surface area contributed by atoms with Gasteiger partial charge in [0.25, 0.3) is 0 Å². The number of hydrogen-bond acceptors (Lipinski definition) is 6. The van der Waals surface area contributed by atoms with E-state index in [1.807, 2.05) is 0 Å². The van der Waals surface area contributed by atoms with Crippen molar-refractivity contribution < 1.29 is 32.0 Å². The van der Waals surface area contributed by atoms with E-state index in [1.165, 1.54) is 6.07 Å². The first-order valence-electron chi connectivity index (χ1n) is 5.64. The third-order valence-electron chi connectivity index (χ3n) is 2.56. The molecule has 0 fully saturated rings. The number of halogens is 2. The van der Waals surface area contributed by atoms with Crippen LogP contribution in [0.3, 0.4) is 0 Å². The summed E-state index contributed by atoms with van der Waals surface area (Å²) in [7, 11) is -4.61. The molecule has 0 amide bonds. The third kappa shape index (κ3) is 3.72. The van der Waals surface area contributed by atoms with Crippen LogP contribution < -0.4 is 4.74 Å². The fourth-order valence-electron chi connectivity index (χ4n) is 1.55. The molecule has 2 rings (SSSR count). The Bertz CT molecular complexity index is 809. The first-order valence-corrected chi connectivity index (χ1v) is 8.13. The Labute approximate surface area is 138 Å². The van der Waals surface area contributed by atoms with Gasteiger partial charge in [0.05, 0.1) is 14.0 Å². The summed E-state index contributed by atoms with van der Waals surface area (Å²) in [5, 5.41) is 9.20. The molecular weight excluding hydrogens is 430 g/mol. The number of hydrogen-bond donors (Lipinski definition) is 1. The van der Waals surface area contributed by atoms with Crippen molar-refractivity contribution in [2.45, 2.75) is 4.90 Å². The van der Waals surface area contributed by atoms with Gasteiger partial charge in [0.2, 0.25) is 0 Å². The number of phenolic OH excluding ortho intramolecular Hbond substituents is 1. The Morgan fingerprint density at radius 3 is 2.32 bits per heavy atom. The van der Waals surface area contributed by atoms with Crippen molar-refractivity contribution in [3.63, 3.8) is 0 Å². The van der Waals surface area contributed by atoms with Gasteiger partial charge in [0.15, 0.2) is 11.6 Å². The Balaban J connectivity index is 2.27. The van der Waals surface area contributed by atoms with E-state index in [-0.39, 0.29) is 20.6 Å². The molecule has 0 aliphatic carbocycles. The molecule has 6 nitrogen and oxygen atoms in total. The van der Waals surface area contributed by atoms with E-state index in [9.17, 15) is 27.3 Å². The fraction of sp³-hybridized carbons (Fsp3) is 0.